The van der Waals surface area contributed by atoms with Gasteiger partial charge < -0.3 is 14.6 Å². The largest absolute Gasteiger partial charge is 0.469 e. The first-order valence-corrected chi connectivity index (χ1v) is 6.15. The summed E-state index contributed by atoms with van der Waals surface area (Å²) in [5, 5.41) is 10.1. The van der Waals surface area contributed by atoms with Gasteiger partial charge in [-0.1, -0.05) is 25.5 Å². The highest BCUT2D eigenvalue weighted by molar-refractivity contribution is 5.69. The van der Waals surface area contributed by atoms with Crippen molar-refractivity contribution in [2.75, 3.05) is 7.11 Å². The topological polar surface area (TPSA) is 55.8 Å². The van der Waals surface area contributed by atoms with Gasteiger partial charge in [0.15, 0.2) is 0 Å². The van der Waals surface area contributed by atoms with Crippen LogP contribution in [-0.2, 0) is 14.3 Å². The van der Waals surface area contributed by atoms with E-state index in [1.165, 1.54) is 7.11 Å². The second-order valence-electron chi connectivity index (χ2n) is 4.42. The molecule has 1 fully saturated rings. The van der Waals surface area contributed by atoms with Crippen LogP contribution >= 0.6 is 0 Å². The second-order valence-corrected chi connectivity index (χ2v) is 4.42. The van der Waals surface area contributed by atoms with Crippen LogP contribution < -0.4 is 0 Å². The van der Waals surface area contributed by atoms with Gasteiger partial charge in [0.05, 0.1) is 25.7 Å². The number of hydrogen-bond acceptors (Lipinski definition) is 4. The summed E-state index contributed by atoms with van der Waals surface area (Å²) in [6.45, 7) is 3.93. The summed E-state index contributed by atoms with van der Waals surface area (Å²) in [5.74, 6) is -0.0833. The predicted octanol–water partition coefficient (Wildman–Crippen LogP) is 1.67. The molecule has 0 saturated carbocycles. The number of aliphatic hydroxyl groups is 1. The van der Waals surface area contributed by atoms with E-state index in [0.29, 0.717) is 6.42 Å². The molecule has 0 aromatic heterocycles. The van der Waals surface area contributed by atoms with Gasteiger partial charge in [-0.25, -0.2) is 0 Å². The monoisotopic (exact) mass is 242 g/mol. The van der Waals surface area contributed by atoms with E-state index in [1.807, 2.05) is 26.0 Å². The smallest absolute Gasteiger partial charge is 0.308 e. The van der Waals surface area contributed by atoms with Gasteiger partial charge in [-0.3, -0.25) is 4.79 Å². The molecule has 98 valence electrons. The number of carbonyl (C=O) groups excluding carboxylic acids is 1. The fourth-order valence-corrected chi connectivity index (χ4v) is 2.26. The molecule has 0 spiro atoms. The summed E-state index contributed by atoms with van der Waals surface area (Å²) in [4.78, 5) is 11.2. The highest BCUT2D eigenvalue weighted by Gasteiger charge is 2.36. The maximum absolute atomic E-state index is 11.2. The lowest BCUT2D eigenvalue weighted by atomic mass is 9.86. The van der Waals surface area contributed by atoms with Crippen LogP contribution in [0.4, 0.5) is 0 Å². The van der Waals surface area contributed by atoms with E-state index < -0.39 is 6.10 Å². The molecule has 0 radical (unpaired) electrons. The molecule has 17 heavy (non-hydrogen) atoms. The van der Waals surface area contributed by atoms with Crippen molar-refractivity contribution in [1.82, 2.24) is 0 Å². The van der Waals surface area contributed by atoms with Gasteiger partial charge in [-0.15, -0.1) is 0 Å². The predicted molar refractivity (Wildman–Crippen MR) is 64.5 cm³/mol. The number of aliphatic hydroxyl groups excluding tert-OH is 1. The van der Waals surface area contributed by atoms with E-state index in [4.69, 9.17) is 4.74 Å². The van der Waals surface area contributed by atoms with Crippen LogP contribution in [0.2, 0.25) is 0 Å². The van der Waals surface area contributed by atoms with Crippen molar-refractivity contribution >= 4 is 5.97 Å². The van der Waals surface area contributed by atoms with Crippen molar-refractivity contribution in [3.05, 3.63) is 12.2 Å². The molecule has 0 aromatic rings. The molecule has 1 rings (SSSR count). The van der Waals surface area contributed by atoms with Crippen molar-refractivity contribution in [2.45, 2.75) is 51.4 Å². The zero-order valence-electron chi connectivity index (χ0n) is 10.8. The van der Waals surface area contributed by atoms with Crippen LogP contribution in [0.3, 0.4) is 0 Å². The zero-order chi connectivity index (χ0) is 12.8. The summed E-state index contributed by atoms with van der Waals surface area (Å²) in [6.07, 6.45) is 4.61. The van der Waals surface area contributed by atoms with E-state index in [0.717, 1.165) is 6.42 Å². The first-order chi connectivity index (χ1) is 8.12. The summed E-state index contributed by atoms with van der Waals surface area (Å²) in [5.41, 5.74) is 0. The first-order valence-electron chi connectivity index (χ1n) is 6.15. The van der Waals surface area contributed by atoms with Crippen molar-refractivity contribution in [1.29, 1.82) is 0 Å². The van der Waals surface area contributed by atoms with Gasteiger partial charge in [0.1, 0.15) is 6.10 Å². The van der Waals surface area contributed by atoms with E-state index in [9.17, 15) is 9.90 Å². The highest BCUT2D eigenvalue weighted by atomic mass is 16.5. The van der Waals surface area contributed by atoms with Gasteiger partial charge in [0.25, 0.3) is 0 Å². The minimum Gasteiger partial charge on any atom is -0.469 e. The van der Waals surface area contributed by atoms with Crippen LogP contribution in [0, 0.1) is 5.92 Å². The zero-order valence-corrected chi connectivity index (χ0v) is 10.8. The fraction of sp³-hybridized carbons (Fsp3) is 0.769. The van der Waals surface area contributed by atoms with Crippen LogP contribution in [0.1, 0.15) is 33.1 Å². The molecule has 4 atom stereocenters. The molecule has 4 nitrogen and oxygen atoms in total. The highest BCUT2D eigenvalue weighted by Crippen LogP contribution is 2.30. The lowest BCUT2D eigenvalue weighted by Gasteiger charge is -2.37. The normalized spacial score (nSPS) is 33.9. The standard InChI is InChI=1S/C13H22O4/c1-4-6-11-13(15)9(5-2)7-10(17-11)8-12(14)16-3/h4,6,9-11,13,15H,5,7-8H2,1-3H3/b6-4+/t9?,10-,11?,13-/m0/s1. The van der Waals surface area contributed by atoms with Crippen LogP contribution in [0.5, 0.6) is 0 Å². The maximum Gasteiger partial charge on any atom is 0.308 e. The minimum absolute atomic E-state index is 0.156. The number of ether oxygens (including phenoxy) is 2. The lowest BCUT2D eigenvalue weighted by molar-refractivity contribution is -0.155. The van der Waals surface area contributed by atoms with Gasteiger partial charge in [-0.05, 0) is 19.3 Å². The number of rotatable bonds is 4. The van der Waals surface area contributed by atoms with Crippen molar-refractivity contribution in [3.8, 4) is 0 Å². The SMILES string of the molecule is C/C=C/C1O[C@H](CC(=O)OC)CC(CC)[C@@H]1O. The average molecular weight is 242 g/mol. The molecule has 0 aromatic carbocycles. The number of hydrogen-bond donors (Lipinski definition) is 1. The Hall–Kier alpha value is -0.870. The Labute approximate surface area is 103 Å². The minimum atomic E-state index is -0.481. The van der Waals surface area contributed by atoms with Gasteiger partial charge in [0, 0.05) is 0 Å². The van der Waals surface area contributed by atoms with Gasteiger partial charge in [0.2, 0.25) is 0 Å². The Morgan fingerprint density at radius 1 is 1.59 bits per heavy atom. The summed E-state index contributed by atoms with van der Waals surface area (Å²) >= 11 is 0. The first kappa shape index (κ1) is 14.2. The van der Waals surface area contributed by atoms with Gasteiger partial charge in [-0.2, -0.15) is 0 Å². The second kappa shape index (κ2) is 6.77. The van der Waals surface area contributed by atoms with E-state index in [2.05, 4.69) is 4.74 Å². The molecule has 1 heterocycles. The molecule has 0 bridgehead atoms. The molecule has 1 N–H and O–H groups in total. The fourth-order valence-electron chi connectivity index (χ4n) is 2.26. The maximum atomic E-state index is 11.2. The molecule has 0 amide bonds. The van der Waals surface area contributed by atoms with Crippen molar-refractivity contribution < 1.29 is 19.4 Å². The van der Waals surface area contributed by atoms with Crippen LogP contribution in [0.25, 0.3) is 0 Å². The van der Waals surface area contributed by atoms with Crippen LogP contribution in [-0.4, -0.2) is 36.5 Å². The molecule has 2 unspecified atom stereocenters. The summed E-state index contributed by atoms with van der Waals surface area (Å²) in [7, 11) is 1.38. The lowest BCUT2D eigenvalue weighted by Crippen LogP contribution is -2.44. The molecule has 1 saturated heterocycles. The van der Waals surface area contributed by atoms with Crippen molar-refractivity contribution in [3.63, 3.8) is 0 Å². The molecule has 1 aliphatic rings. The Bertz CT molecular complexity index is 275. The third kappa shape index (κ3) is 3.82. The Balaban J connectivity index is 2.66. The third-order valence-electron chi connectivity index (χ3n) is 3.26. The molecule has 0 aliphatic carbocycles. The summed E-state index contributed by atoms with van der Waals surface area (Å²) < 4.78 is 10.4. The Morgan fingerprint density at radius 3 is 2.82 bits per heavy atom. The Kier molecular flexibility index (Phi) is 5.65. The van der Waals surface area contributed by atoms with E-state index >= 15 is 0 Å². The number of allylic oxidation sites excluding steroid dienone is 1. The average Bonchev–Trinajstić information content (AvgIpc) is 2.33. The quantitative estimate of drug-likeness (QED) is 0.602. The molecule has 1 aliphatic heterocycles. The number of methoxy groups -OCH3 is 1. The van der Waals surface area contributed by atoms with E-state index in [-0.39, 0.29) is 30.5 Å². The van der Waals surface area contributed by atoms with Gasteiger partial charge >= 0.3 is 5.97 Å². The molecular weight excluding hydrogens is 220 g/mol. The molecular formula is C13H22O4. The van der Waals surface area contributed by atoms with E-state index in [1.54, 1.807) is 0 Å². The molecule has 4 heteroatoms. The number of carbonyl (C=O) groups is 1. The van der Waals surface area contributed by atoms with Crippen LogP contribution in [0.15, 0.2) is 12.2 Å². The number of esters is 1. The third-order valence-corrected chi connectivity index (χ3v) is 3.26. The van der Waals surface area contributed by atoms with Crippen molar-refractivity contribution in [2.24, 2.45) is 5.92 Å². The summed E-state index contributed by atoms with van der Waals surface area (Å²) in [6, 6.07) is 0. The Morgan fingerprint density at radius 2 is 2.29 bits per heavy atom.